The van der Waals surface area contributed by atoms with Gasteiger partial charge in [0.1, 0.15) is 0 Å². The summed E-state index contributed by atoms with van der Waals surface area (Å²) in [6, 6.07) is 8.67. The summed E-state index contributed by atoms with van der Waals surface area (Å²) >= 11 is 6.58. The largest absolute Gasteiger partial charge is 0.465 e. The van der Waals surface area contributed by atoms with Crippen LogP contribution < -0.4 is 5.56 Å². The highest BCUT2D eigenvalue weighted by molar-refractivity contribution is 9.11. The Morgan fingerprint density at radius 2 is 1.90 bits per heavy atom. The molecule has 0 spiro atoms. The first-order chi connectivity index (χ1) is 9.51. The lowest BCUT2D eigenvalue weighted by atomic mass is 10.1. The molecule has 0 aliphatic heterocycles. The molecule has 0 radical (unpaired) electrons. The van der Waals surface area contributed by atoms with Crippen molar-refractivity contribution in [3.05, 3.63) is 67.0 Å². The van der Waals surface area contributed by atoms with Crippen molar-refractivity contribution in [2.45, 2.75) is 6.54 Å². The van der Waals surface area contributed by atoms with E-state index in [1.165, 1.54) is 7.11 Å². The minimum atomic E-state index is -0.376. The summed E-state index contributed by atoms with van der Waals surface area (Å²) in [7, 11) is 1.34. The Kier molecular flexibility index (Phi) is 4.77. The van der Waals surface area contributed by atoms with Crippen molar-refractivity contribution < 1.29 is 9.53 Å². The Morgan fingerprint density at radius 1 is 1.25 bits per heavy atom. The minimum absolute atomic E-state index is 0.106. The molecule has 0 amide bonds. The van der Waals surface area contributed by atoms with Crippen LogP contribution in [-0.4, -0.2) is 17.6 Å². The maximum atomic E-state index is 12.0. The number of hydrogen-bond donors (Lipinski definition) is 0. The van der Waals surface area contributed by atoms with Crippen molar-refractivity contribution in [1.82, 2.24) is 4.57 Å². The predicted octanol–water partition coefficient (Wildman–Crippen LogP) is 3.21. The summed E-state index contributed by atoms with van der Waals surface area (Å²) in [6.07, 6.45) is 1.72. The van der Waals surface area contributed by atoms with Gasteiger partial charge in [0.25, 0.3) is 5.56 Å². The number of carbonyl (C=O) groups excluding carboxylic acids is 1. The van der Waals surface area contributed by atoms with Gasteiger partial charge in [-0.05, 0) is 55.6 Å². The van der Waals surface area contributed by atoms with E-state index in [1.807, 2.05) is 0 Å². The molecule has 104 valence electrons. The second-order valence-corrected chi connectivity index (χ2v) is 5.90. The first-order valence-corrected chi connectivity index (χ1v) is 7.32. The van der Waals surface area contributed by atoms with Gasteiger partial charge in [0.2, 0.25) is 0 Å². The Balaban J connectivity index is 2.27. The zero-order valence-corrected chi connectivity index (χ0v) is 13.8. The third-order valence-electron chi connectivity index (χ3n) is 2.74. The van der Waals surface area contributed by atoms with Gasteiger partial charge in [0, 0.05) is 10.7 Å². The standard InChI is InChI=1S/C14H11Br2NO3/c1-20-14(19)10-4-2-9(3-5-10)7-17-8-11(15)6-12(16)13(17)18/h2-6,8H,7H2,1H3. The number of nitrogens with zero attached hydrogens (tertiary/aromatic N) is 1. The molecule has 0 N–H and O–H groups in total. The van der Waals surface area contributed by atoms with Crippen molar-refractivity contribution in [1.29, 1.82) is 0 Å². The molecule has 0 aliphatic rings. The van der Waals surface area contributed by atoms with Gasteiger partial charge in [-0.15, -0.1) is 0 Å². The number of ether oxygens (including phenoxy) is 1. The number of benzene rings is 1. The highest BCUT2D eigenvalue weighted by Gasteiger charge is 2.06. The Bertz CT molecular complexity index is 693. The molecule has 0 unspecified atom stereocenters. The van der Waals surface area contributed by atoms with Crippen LogP contribution >= 0.6 is 31.9 Å². The van der Waals surface area contributed by atoms with E-state index < -0.39 is 0 Å². The number of rotatable bonds is 3. The van der Waals surface area contributed by atoms with Crippen molar-refractivity contribution in [2.24, 2.45) is 0 Å². The maximum Gasteiger partial charge on any atom is 0.337 e. The number of aromatic nitrogens is 1. The molecule has 0 fully saturated rings. The Hall–Kier alpha value is -1.40. The van der Waals surface area contributed by atoms with Gasteiger partial charge >= 0.3 is 5.97 Å². The van der Waals surface area contributed by atoms with Crippen LogP contribution in [0.1, 0.15) is 15.9 Å². The third-order valence-corrected chi connectivity index (χ3v) is 3.74. The minimum Gasteiger partial charge on any atom is -0.465 e. The first-order valence-electron chi connectivity index (χ1n) is 5.74. The zero-order chi connectivity index (χ0) is 14.7. The molecule has 1 aromatic carbocycles. The lowest BCUT2D eigenvalue weighted by Crippen LogP contribution is -2.20. The van der Waals surface area contributed by atoms with Crippen LogP contribution in [0.4, 0.5) is 0 Å². The van der Waals surface area contributed by atoms with Crippen molar-refractivity contribution >= 4 is 37.8 Å². The van der Waals surface area contributed by atoms with Crippen LogP contribution in [0.5, 0.6) is 0 Å². The van der Waals surface area contributed by atoms with Crippen molar-refractivity contribution in [3.8, 4) is 0 Å². The Labute approximate surface area is 132 Å². The van der Waals surface area contributed by atoms with Gasteiger partial charge in [-0.2, -0.15) is 0 Å². The van der Waals surface area contributed by atoms with Crippen LogP contribution in [-0.2, 0) is 11.3 Å². The normalized spacial score (nSPS) is 10.3. The molecule has 1 heterocycles. The van der Waals surface area contributed by atoms with E-state index in [4.69, 9.17) is 0 Å². The van der Waals surface area contributed by atoms with Gasteiger partial charge < -0.3 is 9.30 Å². The number of methoxy groups -OCH3 is 1. The molecule has 4 nitrogen and oxygen atoms in total. The second-order valence-electron chi connectivity index (χ2n) is 4.13. The molecule has 0 bridgehead atoms. The van der Waals surface area contributed by atoms with Gasteiger partial charge in [-0.1, -0.05) is 12.1 Å². The molecule has 0 aliphatic carbocycles. The zero-order valence-electron chi connectivity index (χ0n) is 10.6. The summed E-state index contributed by atoms with van der Waals surface area (Å²) in [6.45, 7) is 0.429. The fourth-order valence-electron chi connectivity index (χ4n) is 1.74. The first kappa shape index (κ1) is 15.0. The van der Waals surface area contributed by atoms with Crippen LogP contribution in [0.2, 0.25) is 0 Å². The Morgan fingerprint density at radius 3 is 2.50 bits per heavy atom. The van der Waals surface area contributed by atoms with Crippen LogP contribution in [0, 0.1) is 0 Å². The van der Waals surface area contributed by atoms with Crippen LogP contribution in [0.25, 0.3) is 0 Å². The fourth-order valence-corrected chi connectivity index (χ4v) is 3.00. The number of esters is 1. The molecule has 0 atom stereocenters. The number of halogens is 2. The summed E-state index contributed by atoms with van der Waals surface area (Å²) in [5.41, 5.74) is 1.30. The molecular formula is C14H11Br2NO3. The highest BCUT2D eigenvalue weighted by atomic mass is 79.9. The van der Waals surface area contributed by atoms with Crippen LogP contribution in [0.3, 0.4) is 0 Å². The lowest BCUT2D eigenvalue weighted by Gasteiger charge is -2.08. The number of carbonyl (C=O) groups is 1. The van der Waals surface area contributed by atoms with Gasteiger partial charge in [0.15, 0.2) is 0 Å². The topological polar surface area (TPSA) is 48.3 Å². The monoisotopic (exact) mass is 399 g/mol. The molecule has 0 saturated heterocycles. The average Bonchev–Trinajstić information content (AvgIpc) is 2.44. The number of pyridine rings is 1. The van der Waals surface area contributed by atoms with E-state index in [0.717, 1.165) is 10.0 Å². The number of hydrogen-bond acceptors (Lipinski definition) is 3. The molecule has 20 heavy (non-hydrogen) atoms. The van der Waals surface area contributed by atoms with Gasteiger partial charge in [-0.25, -0.2) is 4.79 Å². The maximum absolute atomic E-state index is 12.0. The van der Waals surface area contributed by atoms with Gasteiger partial charge in [-0.3, -0.25) is 4.79 Å². The molecule has 6 heteroatoms. The fraction of sp³-hybridized carbons (Fsp3) is 0.143. The lowest BCUT2D eigenvalue weighted by molar-refractivity contribution is 0.0600. The highest BCUT2D eigenvalue weighted by Crippen LogP contribution is 2.14. The van der Waals surface area contributed by atoms with Crippen molar-refractivity contribution in [3.63, 3.8) is 0 Å². The van der Waals surface area contributed by atoms with E-state index >= 15 is 0 Å². The van der Waals surface area contributed by atoms with E-state index in [9.17, 15) is 9.59 Å². The summed E-state index contributed by atoms with van der Waals surface area (Å²) in [4.78, 5) is 23.3. The van der Waals surface area contributed by atoms with E-state index in [-0.39, 0.29) is 11.5 Å². The summed E-state index contributed by atoms with van der Waals surface area (Å²) in [5, 5.41) is 0. The average molecular weight is 401 g/mol. The molecule has 1 aromatic heterocycles. The van der Waals surface area contributed by atoms with E-state index in [2.05, 4.69) is 36.6 Å². The molecule has 2 aromatic rings. The van der Waals surface area contributed by atoms with E-state index in [0.29, 0.717) is 16.6 Å². The third kappa shape index (κ3) is 3.37. The molecule has 2 rings (SSSR count). The summed E-state index contributed by atoms with van der Waals surface area (Å²) in [5.74, 6) is -0.376. The SMILES string of the molecule is COC(=O)c1ccc(Cn2cc(Br)cc(Br)c2=O)cc1. The van der Waals surface area contributed by atoms with Crippen molar-refractivity contribution in [2.75, 3.05) is 7.11 Å². The molecule has 0 saturated carbocycles. The summed E-state index contributed by atoms with van der Waals surface area (Å²) < 4.78 is 7.54. The second kappa shape index (κ2) is 6.37. The molecular weight excluding hydrogens is 390 g/mol. The van der Waals surface area contributed by atoms with E-state index in [1.54, 1.807) is 41.1 Å². The smallest absolute Gasteiger partial charge is 0.337 e. The van der Waals surface area contributed by atoms with Crippen LogP contribution in [0.15, 0.2) is 50.3 Å². The predicted molar refractivity (Wildman–Crippen MR) is 83.0 cm³/mol. The quantitative estimate of drug-likeness (QED) is 0.743. The van der Waals surface area contributed by atoms with Gasteiger partial charge in [0.05, 0.1) is 23.7 Å².